The lowest BCUT2D eigenvalue weighted by Crippen LogP contribution is -2.53. The maximum absolute atomic E-state index is 15.5. The monoisotopic (exact) mass is 762 g/mol. The molecule has 3 fully saturated rings. The second-order valence-corrected chi connectivity index (χ2v) is 15.6. The number of carbonyl (C=O) groups excluding carboxylic acids is 4. The highest BCUT2D eigenvalue weighted by Crippen LogP contribution is 2.65. The van der Waals surface area contributed by atoms with Gasteiger partial charge in [-0.05, 0) is 78.3 Å². The molecule has 0 spiro atoms. The number of imide groups is 2. The fourth-order valence-electron chi connectivity index (χ4n) is 9.82. The molecule has 2 aliphatic carbocycles. The first kappa shape index (κ1) is 35.7. The fraction of sp³-hybridized carbons (Fsp3) is 0.234. The van der Waals surface area contributed by atoms with E-state index in [1.165, 1.54) is 9.80 Å². The van der Waals surface area contributed by atoms with E-state index >= 15 is 9.59 Å². The van der Waals surface area contributed by atoms with Crippen LogP contribution >= 0.6 is 11.6 Å². The molecule has 9 rings (SSSR count). The second kappa shape index (κ2) is 13.9. The number of phenols is 1. The van der Waals surface area contributed by atoms with Crippen LogP contribution in [-0.4, -0.2) is 28.7 Å². The highest BCUT2D eigenvalue weighted by molar-refractivity contribution is 6.32. The number of carbonyl (C=O) groups is 4. The largest absolute Gasteiger partial charge is 0.508 e. The molecule has 1 N–H and O–H groups in total. The van der Waals surface area contributed by atoms with E-state index < -0.39 is 46.8 Å². The molecular weight excluding hydrogens is 724 g/mol. The molecule has 280 valence electrons. The zero-order chi connectivity index (χ0) is 38.7. The van der Waals surface area contributed by atoms with Crippen LogP contribution in [0.2, 0.25) is 5.02 Å². The van der Waals surface area contributed by atoms with Crippen molar-refractivity contribution in [3.63, 3.8) is 0 Å². The molecule has 5 aromatic rings. The molecule has 56 heavy (non-hydrogen) atoms. The number of aromatic hydroxyl groups is 1. The Hall–Kier alpha value is -5.99. The number of fused-ring (bicyclic) bond motifs is 4. The molecule has 2 saturated heterocycles. The van der Waals surface area contributed by atoms with Gasteiger partial charge < -0.3 is 9.84 Å². The Morgan fingerprint density at radius 1 is 0.732 bits per heavy atom. The van der Waals surface area contributed by atoms with Crippen molar-refractivity contribution in [3.8, 4) is 11.5 Å². The average Bonchev–Trinajstić information content (AvgIpc) is 3.61. The molecule has 0 unspecified atom stereocenters. The standard InChI is InChI=1S/C47H39ClN2O6/c1-2-28-16-18-32(19-17-28)49-43(52)37-23-22-35-38(41(37)45(49)54)26-39-44(53)50(33-15-9-14-31(48)24-33)46(55)47(39,30-12-7-4-8-13-30)42(35)36-21-20-34(25-40(36)51)56-27-29-10-5-3-6-11-29/h3-22,24-25,37-39,41-42,51H,2,23,26-27H2,1H3/t37-,38+,39-,41-,42+,47+/m0/s1. The summed E-state index contributed by atoms with van der Waals surface area (Å²) in [6.07, 6.45) is 3.24. The summed E-state index contributed by atoms with van der Waals surface area (Å²) in [5.74, 6) is -4.91. The number of hydrogen-bond acceptors (Lipinski definition) is 6. The van der Waals surface area contributed by atoms with Crippen LogP contribution in [0.25, 0.3) is 0 Å². The summed E-state index contributed by atoms with van der Waals surface area (Å²) in [5, 5.41) is 12.4. The maximum Gasteiger partial charge on any atom is 0.246 e. The molecule has 4 amide bonds. The molecule has 9 heteroatoms. The number of ether oxygens (including phenoxy) is 1. The van der Waals surface area contributed by atoms with E-state index in [2.05, 4.69) is 0 Å². The van der Waals surface area contributed by atoms with Gasteiger partial charge in [-0.15, -0.1) is 0 Å². The van der Waals surface area contributed by atoms with E-state index in [0.717, 1.165) is 23.1 Å². The summed E-state index contributed by atoms with van der Waals surface area (Å²) >= 11 is 6.44. The summed E-state index contributed by atoms with van der Waals surface area (Å²) in [7, 11) is 0. The summed E-state index contributed by atoms with van der Waals surface area (Å²) in [4.78, 5) is 61.9. The predicted octanol–water partition coefficient (Wildman–Crippen LogP) is 8.55. The van der Waals surface area contributed by atoms with Gasteiger partial charge in [0.05, 0.1) is 34.5 Å². The van der Waals surface area contributed by atoms with Crippen LogP contribution < -0.4 is 14.5 Å². The number of halogens is 1. The number of phenolic OH excluding ortho intramolecular Hbond substituents is 1. The molecule has 1 saturated carbocycles. The highest BCUT2D eigenvalue weighted by Gasteiger charge is 2.70. The van der Waals surface area contributed by atoms with Gasteiger partial charge in [0.1, 0.15) is 18.1 Å². The lowest BCUT2D eigenvalue weighted by molar-refractivity contribution is -0.127. The summed E-state index contributed by atoms with van der Waals surface area (Å²) in [5.41, 5.74) is 3.20. The molecule has 2 heterocycles. The summed E-state index contributed by atoms with van der Waals surface area (Å²) < 4.78 is 6.09. The zero-order valence-corrected chi connectivity index (χ0v) is 31.4. The van der Waals surface area contributed by atoms with Crippen molar-refractivity contribution in [2.24, 2.45) is 23.7 Å². The van der Waals surface area contributed by atoms with Crippen molar-refractivity contribution in [2.45, 2.75) is 44.1 Å². The van der Waals surface area contributed by atoms with Gasteiger partial charge in [0, 0.05) is 22.6 Å². The van der Waals surface area contributed by atoms with E-state index in [-0.39, 0.29) is 37.0 Å². The minimum Gasteiger partial charge on any atom is -0.508 e. The van der Waals surface area contributed by atoms with Gasteiger partial charge in [0.2, 0.25) is 23.6 Å². The highest BCUT2D eigenvalue weighted by atomic mass is 35.5. The van der Waals surface area contributed by atoms with Crippen molar-refractivity contribution in [1.82, 2.24) is 0 Å². The first-order valence-corrected chi connectivity index (χ1v) is 19.5. The van der Waals surface area contributed by atoms with Crippen LogP contribution in [0, 0.1) is 23.7 Å². The molecule has 6 atom stereocenters. The minimum atomic E-state index is -1.51. The van der Waals surface area contributed by atoms with Crippen molar-refractivity contribution in [3.05, 3.63) is 166 Å². The Labute approximate surface area is 330 Å². The van der Waals surface area contributed by atoms with E-state index in [0.29, 0.717) is 33.3 Å². The van der Waals surface area contributed by atoms with Gasteiger partial charge in [0.25, 0.3) is 0 Å². The number of amides is 4. The third kappa shape index (κ3) is 5.49. The summed E-state index contributed by atoms with van der Waals surface area (Å²) in [6, 6.07) is 38.2. The van der Waals surface area contributed by atoms with Crippen LogP contribution in [-0.2, 0) is 37.6 Å². The molecule has 4 aliphatic rings. The van der Waals surface area contributed by atoms with Gasteiger partial charge >= 0.3 is 0 Å². The average molecular weight is 763 g/mol. The first-order valence-electron chi connectivity index (χ1n) is 19.1. The number of benzene rings is 5. The minimum absolute atomic E-state index is 0.105. The molecule has 0 radical (unpaired) electrons. The molecule has 0 bridgehead atoms. The third-order valence-electron chi connectivity index (χ3n) is 12.3. The Morgan fingerprint density at radius 3 is 2.16 bits per heavy atom. The van der Waals surface area contributed by atoms with Crippen LogP contribution in [0.4, 0.5) is 11.4 Å². The number of anilines is 2. The van der Waals surface area contributed by atoms with E-state index in [9.17, 15) is 14.7 Å². The first-order chi connectivity index (χ1) is 27.2. The van der Waals surface area contributed by atoms with Crippen LogP contribution in [0.1, 0.15) is 47.9 Å². The molecule has 0 aromatic heterocycles. The number of aryl methyl sites for hydroxylation is 1. The Balaban J connectivity index is 1.21. The lowest BCUT2D eigenvalue weighted by atomic mass is 9.49. The van der Waals surface area contributed by atoms with E-state index in [1.807, 2.05) is 97.9 Å². The predicted molar refractivity (Wildman–Crippen MR) is 213 cm³/mol. The molecular formula is C47H39ClN2O6. The smallest absolute Gasteiger partial charge is 0.246 e. The topological polar surface area (TPSA) is 104 Å². The van der Waals surface area contributed by atoms with Crippen LogP contribution in [0.3, 0.4) is 0 Å². The molecule has 5 aromatic carbocycles. The van der Waals surface area contributed by atoms with Gasteiger partial charge in [-0.1, -0.05) is 115 Å². The molecule has 2 aliphatic heterocycles. The van der Waals surface area contributed by atoms with Gasteiger partial charge in [0.15, 0.2) is 0 Å². The van der Waals surface area contributed by atoms with Gasteiger partial charge in [-0.3, -0.25) is 24.1 Å². The number of rotatable bonds is 8. The van der Waals surface area contributed by atoms with Gasteiger partial charge in [-0.25, -0.2) is 4.90 Å². The Kier molecular flexibility index (Phi) is 8.89. The number of nitrogens with zero attached hydrogens (tertiary/aromatic N) is 2. The zero-order valence-electron chi connectivity index (χ0n) is 30.7. The van der Waals surface area contributed by atoms with Crippen molar-refractivity contribution in [2.75, 3.05) is 9.80 Å². The lowest BCUT2D eigenvalue weighted by Gasteiger charge is -2.50. The van der Waals surface area contributed by atoms with E-state index in [4.69, 9.17) is 16.3 Å². The Bertz CT molecular complexity index is 2410. The van der Waals surface area contributed by atoms with Crippen molar-refractivity contribution < 1.29 is 29.0 Å². The van der Waals surface area contributed by atoms with Crippen LogP contribution in [0.5, 0.6) is 11.5 Å². The Morgan fingerprint density at radius 2 is 1.46 bits per heavy atom. The van der Waals surface area contributed by atoms with Crippen molar-refractivity contribution in [1.29, 1.82) is 0 Å². The normalized spacial score (nSPS) is 25.5. The summed E-state index contributed by atoms with van der Waals surface area (Å²) in [6.45, 7) is 2.33. The quantitative estimate of drug-likeness (QED) is 0.126. The third-order valence-corrected chi connectivity index (χ3v) is 12.6. The maximum atomic E-state index is 15.5. The number of allylic oxidation sites excluding steroid dienone is 2. The number of hydrogen-bond donors (Lipinski definition) is 1. The van der Waals surface area contributed by atoms with Gasteiger partial charge in [-0.2, -0.15) is 0 Å². The second-order valence-electron chi connectivity index (χ2n) is 15.1. The van der Waals surface area contributed by atoms with Crippen LogP contribution in [0.15, 0.2) is 139 Å². The molecule has 8 nitrogen and oxygen atoms in total. The SMILES string of the molecule is CCc1ccc(N2C(=O)[C@H]3[C@H](CC=C4[C@H]3C[C@H]3C(=O)N(c5cccc(Cl)c5)C(=O)[C@@]3(c3ccccc3)[C@H]4c3ccc(OCc4ccccc4)cc3O)C2=O)cc1. The van der Waals surface area contributed by atoms with Crippen molar-refractivity contribution >= 4 is 46.6 Å². The van der Waals surface area contributed by atoms with E-state index in [1.54, 1.807) is 42.5 Å². The fourth-order valence-corrected chi connectivity index (χ4v) is 10.0.